The molecule has 0 saturated heterocycles. The third-order valence-corrected chi connectivity index (χ3v) is 3.48. The average molecular weight is 318 g/mol. The van der Waals surface area contributed by atoms with Crippen molar-refractivity contribution < 1.29 is 60.4 Å². The Bertz CT molecular complexity index is 416. The molecular formula is C5H13Li2N4O5PS2. The Morgan fingerprint density at radius 3 is 2.16 bits per heavy atom. The van der Waals surface area contributed by atoms with Gasteiger partial charge in [-0.15, -0.1) is 11.8 Å². The van der Waals surface area contributed by atoms with Crippen molar-refractivity contribution in [1.29, 1.82) is 5.41 Å². The first-order valence-corrected chi connectivity index (χ1v) is 8.35. The number of nitrogens with one attached hydrogen (secondary N) is 1. The zero-order chi connectivity index (χ0) is 13.7. The van der Waals surface area contributed by atoms with E-state index in [0.29, 0.717) is 0 Å². The van der Waals surface area contributed by atoms with Crippen molar-refractivity contribution in [2.75, 3.05) is 19.7 Å². The predicted molar refractivity (Wildman–Crippen MR) is 61.4 cm³/mol. The van der Waals surface area contributed by atoms with Crippen LogP contribution in [0, 0.1) is 5.41 Å². The standard InChI is InChI=1S/C5H15N4O5PS2.2Li/c6-5(7)1-2-9(17(8,12)13)3-4-14-15(10,11)16;;/h1-4H2,(H3,6,7)(H2,8,12,13)(H2,10,11,16);;/q;2*+1/p-2. The van der Waals surface area contributed by atoms with E-state index < -0.39 is 23.5 Å². The molecule has 102 valence electrons. The van der Waals surface area contributed by atoms with Crippen LogP contribution in [0.2, 0.25) is 0 Å². The summed E-state index contributed by atoms with van der Waals surface area (Å²) in [5, 5.41) is 11.8. The second kappa shape index (κ2) is 10.7. The van der Waals surface area contributed by atoms with E-state index in [0.717, 1.165) is 4.31 Å². The van der Waals surface area contributed by atoms with Gasteiger partial charge < -0.3 is 20.0 Å². The van der Waals surface area contributed by atoms with Gasteiger partial charge in [-0.1, -0.05) is 6.72 Å². The fourth-order valence-electron chi connectivity index (χ4n) is 0.866. The molecule has 0 aromatic heterocycles. The average Bonchev–Trinajstić information content (AvgIpc) is 2.06. The third kappa shape index (κ3) is 15.3. The summed E-state index contributed by atoms with van der Waals surface area (Å²) in [6.45, 7) is -5.15. The summed E-state index contributed by atoms with van der Waals surface area (Å²) >= 11 is 3.96. The molecule has 0 atom stereocenters. The molecule has 9 nitrogen and oxygen atoms in total. The van der Waals surface area contributed by atoms with E-state index in [1.807, 2.05) is 0 Å². The fraction of sp³-hybridized carbons (Fsp3) is 0.800. The monoisotopic (exact) mass is 318 g/mol. The molecule has 0 heterocycles. The molecule has 0 spiro atoms. The maximum Gasteiger partial charge on any atom is 1.00 e. The minimum atomic E-state index is -4.31. The molecule has 0 unspecified atom stereocenters. The van der Waals surface area contributed by atoms with Crippen molar-refractivity contribution in [3.63, 3.8) is 0 Å². The van der Waals surface area contributed by atoms with Crippen molar-refractivity contribution in [3.05, 3.63) is 0 Å². The van der Waals surface area contributed by atoms with E-state index >= 15 is 0 Å². The smallest absolute Gasteiger partial charge is 0.812 e. The van der Waals surface area contributed by atoms with Crippen LogP contribution in [-0.2, 0) is 26.5 Å². The van der Waals surface area contributed by atoms with E-state index in [4.69, 9.17) is 16.3 Å². The Morgan fingerprint density at radius 1 is 1.37 bits per heavy atom. The van der Waals surface area contributed by atoms with Crippen LogP contribution in [0.15, 0.2) is 0 Å². The maximum atomic E-state index is 11.1. The molecule has 0 aromatic carbocycles. The molecule has 0 bridgehead atoms. The maximum absolute atomic E-state index is 11.1. The van der Waals surface area contributed by atoms with Crippen LogP contribution in [0.4, 0.5) is 0 Å². The van der Waals surface area contributed by atoms with Crippen molar-refractivity contribution in [1.82, 2.24) is 4.31 Å². The molecule has 0 aromatic rings. The molecule has 14 heteroatoms. The number of amidine groups is 1. The molecule has 5 N–H and O–H groups in total. The van der Waals surface area contributed by atoms with Gasteiger partial charge in [-0.25, -0.2) is 5.14 Å². The molecule has 0 rings (SSSR count). The predicted octanol–water partition coefficient (Wildman–Crippen LogP) is -9.21. The molecule has 0 amide bonds. The summed E-state index contributed by atoms with van der Waals surface area (Å²) in [6.07, 6.45) is -0.0145. The number of hydrogen-bond acceptors (Lipinski definition) is 7. The molecule has 0 aliphatic heterocycles. The van der Waals surface area contributed by atoms with Crippen molar-refractivity contribution in [3.8, 4) is 0 Å². The summed E-state index contributed by atoms with van der Waals surface area (Å²) in [5.41, 5.74) is 5.06. The van der Waals surface area contributed by atoms with Crippen LogP contribution in [0.1, 0.15) is 6.42 Å². The van der Waals surface area contributed by atoms with E-state index in [1.165, 1.54) is 0 Å². The van der Waals surface area contributed by atoms with Gasteiger partial charge in [-0.05, 0) is 0 Å². The van der Waals surface area contributed by atoms with Crippen LogP contribution >= 0.6 is 6.72 Å². The van der Waals surface area contributed by atoms with E-state index in [-0.39, 0.29) is 63.1 Å². The first kappa shape index (κ1) is 25.0. The van der Waals surface area contributed by atoms with Crippen LogP contribution in [-0.4, -0.2) is 38.3 Å². The van der Waals surface area contributed by atoms with E-state index in [9.17, 15) is 18.2 Å². The van der Waals surface area contributed by atoms with Gasteiger partial charge in [-0.3, -0.25) is 5.41 Å². The Kier molecular flexibility index (Phi) is 14.2. The Labute approximate surface area is 141 Å². The fourth-order valence-corrected chi connectivity index (χ4v) is 2.07. The first-order valence-electron chi connectivity index (χ1n) is 4.30. The van der Waals surface area contributed by atoms with Gasteiger partial charge in [0.15, 0.2) is 0 Å². The number of nitrogens with two attached hydrogens (primary N) is 2. The van der Waals surface area contributed by atoms with Gasteiger partial charge in [0.1, 0.15) is 0 Å². The number of nitrogens with zero attached hydrogens (tertiary/aromatic N) is 1. The first-order chi connectivity index (χ1) is 7.52. The van der Waals surface area contributed by atoms with Gasteiger partial charge in [0.05, 0.1) is 12.4 Å². The van der Waals surface area contributed by atoms with Crippen molar-refractivity contribution in [2.24, 2.45) is 10.9 Å². The third-order valence-electron chi connectivity index (χ3n) is 1.58. The minimum absolute atomic E-state index is 0. The van der Waals surface area contributed by atoms with E-state index in [1.54, 1.807) is 0 Å². The molecule has 0 radical (unpaired) electrons. The van der Waals surface area contributed by atoms with Gasteiger partial charge in [-0.2, -0.15) is 12.7 Å². The summed E-state index contributed by atoms with van der Waals surface area (Å²) in [4.78, 5) is 21.0. The van der Waals surface area contributed by atoms with Crippen LogP contribution in [0.3, 0.4) is 0 Å². The van der Waals surface area contributed by atoms with Crippen molar-refractivity contribution in [2.45, 2.75) is 6.42 Å². The SMILES string of the molecule is N=C(N)CCN(CCOP([O-])([O-])=S)S(N)(=O)=O.[Li+].[Li+]. The zero-order valence-electron chi connectivity index (χ0n) is 10.7. The van der Waals surface area contributed by atoms with Gasteiger partial charge in [0.25, 0.3) is 10.2 Å². The Hall–Kier alpha value is 1.06. The molecule has 0 aliphatic carbocycles. The van der Waals surface area contributed by atoms with Crippen LogP contribution in [0.25, 0.3) is 0 Å². The molecule has 0 fully saturated rings. The normalized spacial score (nSPS) is 11.6. The quantitative estimate of drug-likeness (QED) is 0.173. The van der Waals surface area contributed by atoms with Crippen LogP contribution < -0.4 is 58.4 Å². The van der Waals surface area contributed by atoms with Gasteiger partial charge in [0.2, 0.25) is 0 Å². The largest absolute Gasteiger partial charge is 1.00 e. The summed E-state index contributed by atoms with van der Waals surface area (Å²) in [5.74, 6) is -0.211. The molecular weight excluding hydrogens is 305 g/mol. The van der Waals surface area contributed by atoms with Crippen LogP contribution in [0.5, 0.6) is 0 Å². The Balaban J connectivity index is -0.00000128. The number of rotatable bonds is 8. The summed E-state index contributed by atoms with van der Waals surface area (Å²) < 4.78 is 27.1. The molecule has 19 heavy (non-hydrogen) atoms. The Morgan fingerprint density at radius 2 is 1.84 bits per heavy atom. The number of hydrogen-bond donors (Lipinski definition) is 3. The topological polar surface area (TPSA) is 169 Å². The summed E-state index contributed by atoms with van der Waals surface area (Å²) in [7, 11) is -4.00. The molecule has 0 aliphatic rings. The van der Waals surface area contributed by atoms with Crippen molar-refractivity contribution >= 4 is 34.6 Å². The minimum Gasteiger partial charge on any atom is -0.812 e. The van der Waals surface area contributed by atoms with E-state index in [2.05, 4.69) is 16.3 Å². The van der Waals surface area contributed by atoms with Gasteiger partial charge in [0, 0.05) is 19.5 Å². The second-order valence-corrected chi connectivity index (χ2v) is 7.04. The summed E-state index contributed by atoms with van der Waals surface area (Å²) in [6, 6.07) is 0. The molecule has 0 saturated carbocycles. The second-order valence-electron chi connectivity index (χ2n) is 3.00. The van der Waals surface area contributed by atoms with Gasteiger partial charge >= 0.3 is 37.7 Å². The zero-order valence-corrected chi connectivity index (χ0v) is 13.3.